The number of nitrogens with one attached hydrogen (secondary N) is 1. The fourth-order valence-corrected chi connectivity index (χ4v) is 1.80. The molecule has 0 aliphatic heterocycles. The second-order valence-corrected chi connectivity index (χ2v) is 4.61. The smallest absolute Gasteiger partial charge is 0.257 e. The normalized spacial score (nSPS) is 10.0. The number of carbonyl (C=O) groups excluding carboxylic acids is 1. The number of carbonyl (C=O) groups is 1. The number of amides is 1. The molecule has 3 nitrogen and oxygen atoms in total. The van der Waals surface area contributed by atoms with Gasteiger partial charge in [-0.1, -0.05) is 11.6 Å². The summed E-state index contributed by atoms with van der Waals surface area (Å²) in [6, 6.07) is 8.61. The fourth-order valence-electron chi connectivity index (χ4n) is 1.28. The van der Waals surface area contributed by atoms with Crippen LogP contribution >= 0.6 is 27.5 Å². The maximum absolute atomic E-state index is 11.9. The minimum absolute atomic E-state index is 0.221. The van der Waals surface area contributed by atoms with Crippen molar-refractivity contribution >= 4 is 39.1 Å². The van der Waals surface area contributed by atoms with E-state index in [4.69, 9.17) is 11.6 Å². The summed E-state index contributed by atoms with van der Waals surface area (Å²) in [4.78, 5) is 15.8. The highest BCUT2D eigenvalue weighted by Crippen LogP contribution is 2.26. The highest BCUT2D eigenvalue weighted by Gasteiger charge is 2.08. The molecule has 0 saturated heterocycles. The third-order valence-corrected chi connectivity index (χ3v) is 3.03. The highest BCUT2D eigenvalue weighted by atomic mass is 79.9. The molecule has 0 atom stereocenters. The topological polar surface area (TPSA) is 42.0 Å². The molecule has 5 heteroatoms. The number of nitrogens with zero attached hydrogens (tertiary/aromatic N) is 1. The molecule has 0 aliphatic carbocycles. The second-order valence-electron chi connectivity index (χ2n) is 3.32. The van der Waals surface area contributed by atoms with Crippen LogP contribution in [-0.2, 0) is 0 Å². The molecule has 1 aromatic heterocycles. The van der Waals surface area contributed by atoms with Crippen molar-refractivity contribution in [2.75, 3.05) is 5.32 Å². The Labute approximate surface area is 112 Å². The van der Waals surface area contributed by atoms with Gasteiger partial charge in [0.2, 0.25) is 0 Å². The lowest BCUT2D eigenvalue weighted by Gasteiger charge is -2.07. The summed E-state index contributed by atoms with van der Waals surface area (Å²) in [6.45, 7) is 0. The number of pyridine rings is 1. The van der Waals surface area contributed by atoms with E-state index in [0.717, 1.165) is 4.47 Å². The molecule has 0 radical (unpaired) electrons. The van der Waals surface area contributed by atoms with Crippen molar-refractivity contribution in [1.82, 2.24) is 4.98 Å². The first-order chi connectivity index (χ1) is 8.16. The van der Waals surface area contributed by atoms with E-state index in [-0.39, 0.29) is 5.91 Å². The van der Waals surface area contributed by atoms with Gasteiger partial charge in [0.05, 0.1) is 11.3 Å². The quantitative estimate of drug-likeness (QED) is 0.918. The molecule has 1 heterocycles. The van der Waals surface area contributed by atoms with Gasteiger partial charge in [-0.25, -0.2) is 0 Å². The lowest BCUT2D eigenvalue weighted by molar-refractivity contribution is 0.102. The highest BCUT2D eigenvalue weighted by molar-refractivity contribution is 9.10. The Morgan fingerprint density at radius 2 is 2.18 bits per heavy atom. The van der Waals surface area contributed by atoms with Crippen LogP contribution in [0.1, 0.15) is 10.4 Å². The van der Waals surface area contributed by atoms with Crippen molar-refractivity contribution in [2.24, 2.45) is 0 Å². The van der Waals surface area contributed by atoms with Crippen LogP contribution in [0.25, 0.3) is 0 Å². The van der Waals surface area contributed by atoms with Gasteiger partial charge in [-0.15, -0.1) is 0 Å². The summed E-state index contributed by atoms with van der Waals surface area (Å²) in [5.41, 5.74) is 1.13. The zero-order valence-corrected chi connectivity index (χ0v) is 11.0. The van der Waals surface area contributed by atoms with E-state index in [1.165, 1.54) is 6.20 Å². The Morgan fingerprint density at radius 3 is 2.88 bits per heavy atom. The van der Waals surface area contributed by atoms with E-state index in [1.54, 1.807) is 36.5 Å². The average Bonchev–Trinajstić information content (AvgIpc) is 2.35. The Balaban J connectivity index is 2.22. The van der Waals surface area contributed by atoms with Gasteiger partial charge in [-0.3, -0.25) is 9.78 Å². The Kier molecular flexibility index (Phi) is 3.76. The van der Waals surface area contributed by atoms with E-state index >= 15 is 0 Å². The van der Waals surface area contributed by atoms with Gasteiger partial charge in [0, 0.05) is 21.9 Å². The molecular formula is C12H8BrClN2O. The third kappa shape index (κ3) is 3.05. The zero-order chi connectivity index (χ0) is 12.3. The fraction of sp³-hybridized carbons (Fsp3) is 0. The van der Waals surface area contributed by atoms with Crippen LogP contribution in [0.15, 0.2) is 47.2 Å². The molecule has 2 aromatic rings. The van der Waals surface area contributed by atoms with Gasteiger partial charge in [-0.05, 0) is 46.3 Å². The first-order valence-electron chi connectivity index (χ1n) is 4.83. The molecule has 17 heavy (non-hydrogen) atoms. The van der Waals surface area contributed by atoms with E-state index in [0.29, 0.717) is 16.3 Å². The molecule has 0 bridgehead atoms. The summed E-state index contributed by atoms with van der Waals surface area (Å²) in [6.07, 6.45) is 3.12. The predicted octanol–water partition coefficient (Wildman–Crippen LogP) is 3.75. The van der Waals surface area contributed by atoms with Crippen LogP contribution in [0.2, 0.25) is 5.02 Å². The number of anilines is 1. The molecular weight excluding hydrogens is 304 g/mol. The minimum Gasteiger partial charge on any atom is -0.321 e. The SMILES string of the molecule is O=C(Nc1cc(Cl)ccc1Br)c1cccnc1. The standard InChI is InChI=1S/C12H8BrClN2O/c13-10-4-3-9(14)6-11(10)16-12(17)8-2-1-5-15-7-8/h1-7H,(H,16,17). The van der Waals surface area contributed by atoms with Crippen molar-refractivity contribution < 1.29 is 4.79 Å². The van der Waals surface area contributed by atoms with Crippen LogP contribution < -0.4 is 5.32 Å². The number of halogens is 2. The van der Waals surface area contributed by atoms with Crippen molar-refractivity contribution in [3.05, 3.63) is 57.8 Å². The van der Waals surface area contributed by atoms with Gasteiger partial charge in [0.25, 0.3) is 5.91 Å². The Morgan fingerprint density at radius 1 is 1.35 bits per heavy atom. The van der Waals surface area contributed by atoms with Gasteiger partial charge < -0.3 is 5.32 Å². The first-order valence-corrected chi connectivity index (χ1v) is 6.00. The maximum Gasteiger partial charge on any atom is 0.257 e. The summed E-state index contributed by atoms with van der Waals surface area (Å²) in [5, 5.41) is 3.32. The summed E-state index contributed by atoms with van der Waals surface area (Å²) >= 11 is 9.20. The molecule has 1 amide bonds. The van der Waals surface area contributed by atoms with Gasteiger partial charge >= 0.3 is 0 Å². The Bertz CT molecular complexity index is 545. The van der Waals surface area contributed by atoms with Crippen molar-refractivity contribution in [3.63, 3.8) is 0 Å². The lowest BCUT2D eigenvalue weighted by Crippen LogP contribution is -2.12. The van der Waals surface area contributed by atoms with E-state index in [2.05, 4.69) is 26.2 Å². The number of hydrogen-bond donors (Lipinski definition) is 1. The minimum atomic E-state index is -0.221. The predicted molar refractivity (Wildman–Crippen MR) is 71.3 cm³/mol. The molecule has 86 valence electrons. The molecule has 0 unspecified atom stereocenters. The summed E-state index contributed by atoms with van der Waals surface area (Å²) in [5.74, 6) is -0.221. The molecule has 0 saturated carbocycles. The van der Waals surface area contributed by atoms with Crippen molar-refractivity contribution in [2.45, 2.75) is 0 Å². The van der Waals surface area contributed by atoms with Crippen LogP contribution in [0.4, 0.5) is 5.69 Å². The van der Waals surface area contributed by atoms with Crippen LogP contribution in [0, 0.1) is 0 Å². The lowest BCUT2D eigenvalue weighted by atomic mass is 10.2. The molecule has 0 fully saturated rings. The van der Waals surface area contributed by atoms with Crippen LogP contribution in [0.5, 0.6) is 0 Å². The second kappa shape index (κ2) is 5.29. The van der Waals surface area contributed by atoms with Crippen molar-refractivity contribution in [1.29, 1.82) is 0 Å². The third-order valence-electron chi connectivity index (χ3n) is 2.10. The number of benzene rings is 1. The molecule has 0 spiro atoms. The van der Waals surface area contributed by atoms with E-state index in [1.807, 2.05) is 0 Å². The Hall–Kier alpha value is -1.39. The summed E-state index contributed by atoms with van der Waals surface area (Å²) in [7, 11) is 0. The van der Waals surface area contributed by atoms with Crippen LogP contribution in [0.3, 0.4) is 0 Å². The number of hydrogen-bond acceptors (Lipinski definition) is 2. The first kappa shape index (κ1) is 12.1. The zero-order valence-electron chi connectivity index (χ0n) is 8.65. The number of rotatable bonds is 2. The number of aromatic nitrogens is 1. The maximum atomic E-state index is 11.9. The van der Waals surface area contributed by atoms with Crippen LogP contribution in [-0.4, -0.2) is 10.9 Å². The van der Waals surface area contributed by atoms with E-state index in [9.17, 15) is 4.79 Å². The van der Waals surface area contributed by atoms with Crippen molar-refractivity contribution in [3.8, 4) is 0 Å². The largest absolute Gasteiger partial charge is 0.321 e. The summed E-state index contributed by atoms with van der Waals surface area (Å²) < 4.78 is 0.777. The molecule has 2 rings (SSSR count). The average molecular weight is 312 g/mol. The molecule has 1 N–H and O–H groups in total. The molecule has 0 aliphatic rings. The van der Waals surface area contributed by atoms with Gasteiger partial charge in [0.1, 0.15) is 0 Å². The van der Waals surface area contributed by atoms with E-state index < -0.39 is 0 Å². The monoisotopic (exact) mass is 310 g/mol. The van der Waals surface area contributed by atoms with Gasteiger partial charge in [0.15, 0.2) is 0 Å². The molecule has 1 aromatic carbocycles. The van der Waals surface area contributed by atoms with Gasteiger partial charge in [-0.2, -0.15) is 0 Å².